The average Bonchev–Trinajstić information content (AvgIpc) is 2.55. The van der Waals surface area contributed by atoms with E-state index in [1.54, 1.807) is 0 Å². The van der Waals surface area contributed by atoms with E-state index in [0.717, 1.165) is 6.07 Å². The minimum Gasteiger partial charge on any atom is -0.377 e. The lowest BCUT2D eigenvalue weighted by molar-refractivity contribution is -0.142. The predicted octanol–water partition coefficient (Wildman–Crippen LogP) is 1.18. The van der Waals surface area contributed by atoms with E-state index >= 15 is 0 Å². The van der Waals surface area contributed by atoms with Crippen LogP contribution in [0.3, 0.4) is 0 Å². The molecule has 1 fully saturated rings. The van der Waals surface area contributed by atoms with Gasteiger partial charge in [0.05, 0.1) is 24.2 Å². The Balaban J connectivity index is 2.32. The summed E-state index contributed by atoms with van der Waals surface area (Å²) in [6, 6.07) is 3.20. The van der Waals surface area contributed by atoms with E-state index in [1.807, 2.05) is 0 Å². The Labute approximate surface area is 136 Å². The van der Waals surface area contributed by atoms with Gasteiger partial charge in [-0.1, -0.05) is 0 Å². The van der Waals surface area contributed by atoms with E-state index in [1.165, 1.54) is 44.6 Å². The zero-order valence-electron chi connectivity index (χ0n) is 13.7. The quantitative estimate of drug-likeness (QED) is 0.800. The van der Waals surface area contributed by atoms with Crippen LogP contribution in [-0.2, 0) is 24.2 Å². The summed E-state index contributed by atoms with van der Waals surface area (Å²) >= 11 is 0. The van der Waals surface area contributed by atoms with Crippen LogP contribution in [0.1, 0.15) is 5.56 Å². The Kier molecular flexibility index (Phi) is 5.74. The van der Waals surface area contributed by atoms with E-state index in [9.17, 15) is 12.8 Å². The number of hydrogen-bond donors (Lipinski definition) is 0. The maximum absolute atomic E-state index is 13.4. The highest BCUT2D eigenvalue weighted by Gasteiger charge is 2.41. The Bertz CT molecular complexity index is 651. The molecular weight excluding hydrogens is 325 g/mol. The van der Waals surface area contributed by atoms with Crippen molar-refractivity contribution in [3.05, 3.63) is 29.6 Å². The highest BCUT2D eigenvalue weighted by molar-refractivity contribution is 7.89. The summed E-state index contributed by atoms with van der Waals surface area (Å²) in [5.74, 6) is -0.443. The fourth-order valence-corrected chi connectivity index (χ4v) is 4.12. The van der Waals surface area contributed by atoms with Crippen LogP contribution in [0, 0.1) is 12.7 Å². The molecule has 0 aliphatic carbocycles. The molecule has 0 bridgehead atoms. The third-order valence-electron chi connectivity index (χ3n) is 4.16. The van der Waals surface area contributed by atoms with Gasteiger partial charge in [0.1, 0.15) is 18.0 Å². The van der Waals surface area contributed by atoms with Crippen LogP contribution in [0.15, 0.2) is 23.1 Å². The summed E-state index contributed by atoms with van der Waals surface area (Å²) < 4.78 is 56.4. The van der Waals surface area contributed by atoms with Crippen LogP contribution in [-0.4, -0.2) is 65.5 Å². The molecule has 0 radical (unpaired) electrons. The van der Waals surface area contributed by atoms with E-state index in [2.05, 4.69) is 0 Å². The van der Waals surface area contributed by atoms with Gasteiger partial charge < -0.3 is 14.2 Å². The van der Waals surface area contributed by atoms with Gasteiger partial charge in [0.15, 0.2) is 0 Å². The molecule has 1 aromatic rings. The molecule has 3 atom stereocenters. The summed E-state index contributed by atoms with van der Waals surface area (Å²) in [6.45, 7) is 2.07. The van der Waals surface area contributed by atoms with Crippen molar-refractivity contribution in [3.8, 4) is 0 Å². The minimum absolute atomic E-state index is 0.0355. The molecular formula is C15H22FNO5S. The molecule has 130 valence electrons. The van der Waals surface area contributed by atoms with Crippen molar-refractivity contribution < 1.29 is 27.0 Å². The predicted molar refractivity (Wildman–Crippen MR) is 82.3 cm³/mol. The van der Waals surface area contributed by atoms with Gasteiger partial charge in [-0.25, -0.2) is 12.8 Å². The average molecular weight is 347 g/mol. The van der Waals surface area contributed by atoms with Gasteiger partial charge >= 0.3 is 0 Å². The monoisotopic (exact) mass is 347 g/mol. The number of benzene rings is 1. The second-order valence-corrected chi connectivity index (χ2v) is 7.51. The Morgan fingerprint density at radius 2 is 1.96 bits per heavy atom. The van der Waals surface area contributed by atoms with Crippen LogP contribution < -0.4 is 0 Å². The van der Waals surface area contributed by atoms with Crippen molar-refractivity contribution in [2.24, 2.45) is 0 Å². The fourth-order valence-electron chi connectivity index (χ4n) is 2.69. The number of ether oxygens (including phenoxy) is 3. The van der Waals surface area contributed by atoms with Crippen LogP contribution in [0.2, 0.25) is 0 Å². The van der Waals surface area contributed by atoms with E-state index < -0.39 is 28.0 Å². The first kappa shape index (κ1) is 18.3. The zero-order chi connectivity index (χ0) is 17.2. The molecule has 1 heterocycles. The van der Waals surface area contributed by atoms with Gasteiger partial charge in [-0.15, -0.1) is 0 Å². The first-order chi connectivity index (χ1) is 10.8. The van der Waals surface area contributed by atoms with Crippen molar-refractivity contribution in [1.29, 1.82) is 0 Å². The van der Waals surface area contributed by atoms with Crippen molar-refractivity contribution in [3.63, 3.8) is 0 Å². The number of likely N-dealkylation sites (N-methyl/N-ethyl adjacent to an activating group) is 1. The van der Waals surface area contributed by atoms with E-state index in [-0.39, 0.29) is 23.2 Å². The second-order valence-electron chi connectivity index (χ2n) is 5.51. The van der Waals surface area contributed by atoms with Crippen LogP contribution in [0.4, 0.5) is 4.39 Å². The highest BCUT2D eigenvalue weighted by atomic mass is 32.2. The van der Waals surface area contributed by atoms with Crippen molar-refractivity contribution >= 4 is 10.0 Å². The van der Waals surface area contributed by atoms with Gasteiger partial charge in [0.25, 0.3) is 0 Å². The van der Waals surface area contributed by atoms with Gasteiger partial charge in [0, 0.05) is 21.3 Å². The number of halogens is 1. The standard InChI is InChI=1S/C15H22FNO5S/c1-10-7-11(5-6-12(10)16)23(18,19)17(2)13-8-22-9-14(20-3)15(13)21-4/h5-7,13-15H,8-9H2,1-4H3/t13-,14-,15+/m1/s1. The number of aryl methyl sites for hydroxylation is 1. The Morgan fingerprint density at radius 3 is 2.52 bits per heavy atom. The first-order valence-corrected chi connectivity index (χ1v) is 8.64. The molecule has 8 heteroatoms. The van der Waals surface area contributed by atoms with E-state index in [4.69, 9.17) is 14.2 Å². The Hall–Kier alpha value is -1.06. The molecule has 0 saturated carbocycles. The minimum atomic E-state index is -3.80. The molecule has 6 nitrogen and oxygen atoms in total. The van der Waals surface area contributed by atoms with Gasteiger partial charge in [-0.2, -0.15) is 4.31 Å². The van der Waals surface area contributed by atoms with E-state index in [0.29, 0.717) is 6.61 Å². The zero-order valence-corrected chi connectivity index (χ0v) is 14.5. The maximum atomic E-state index is 13.4. The molecule has 1 aromatic carbocycles. The SMILES string of the molecule is CO[C@H]1[C@H](N(C)S(=O)(=O)c2ccc(F)c(C)c2)COC[C@H]1OC. The van der Waals surface area contributed by atoms with Gasteiger partial charge in [-0.05, 0) is 30.7 Å². The maximum Gasteiger partial charge on any atom is 0.243 e. The fraction of sp³-hybridized carbons (Fsp3) is 0.600. The molecule has 0 amide bonds. The number of methoxy groups -OCH3 is 2. The lowest BCUT2D eigenvalue weighted by Crippen LogP contribution is -2.57. The highest BCUT2D eigenvalue weighted by Crippen LogP contribution is 2.25. The summed E-state index contributed by atoms with van der Waals surface area (Å²) in [5.41, 5.74) is 0.275. The number of rotatable bonds is 5. The van der Waals surface area contributed by atoms with Gasteiger partial charge in [-0.3, -0.25) is 0 Å². The van der Waals surface area contributed by atoms with Gasteiger partial charge in [0.2, 0.25) is 10.0 Å². The smallest absolute Gasteiger partial charge is 0.243 e. The molecule has 0 aromatic heterocycles. The largest absolute Gasteiger partial charge is 0.377 e. The van der Waals surface area contributed by atoms with Crippen molar-refractivity contribution in [1.82, 2.24) is 4.31 Å². The van der Waals surface area contributed by atoms with Crippen molar-refractivity contribution in [2.75, 3.05) is 34.5 Å². The number of hydrogen-bond acceptors (Lipinski definition) is 5. The molecule has 1 saturated heterocycles. The van der Waals surface area contributed by atoms with Crippen LogP contribution >= 0.6 is 0 Å². The lowest BCUT2D eigenvalue weighted by atomic mass is 10.0. The lowest BCUT2D eigenvalue weighted by Gasteiger charge is -2.40. The topological polar surface area (TPSA) is 65.1 Å². The summed E-state index contributed by atoms with van der Waals surface area (Å²) in [6.07, 6.45) is -0.804. The molecule has 2 rings (SSSR count). The van der Waals surface area contributed by atoms with Crippen molar-refractivity contribution in [2.45, 2.75) is 30.1 Å². The summed E-state index contributed by atoms with van der Waals surface area (Å²) in [4.78, 5) is 0.0355. The normalized spacial score (nSPS) is 25.7. The Morgan fingerprint density at radius 1 is 1.26 bits per heavy atom. The summed E-state index contributed by atoms with van der Waals surface area (Å²) in [7, 11) is 0.702. The molecule has 1 aliphatic rings. The van der Waals surface area contributed by atoms with Crippen LogP contribution in [0.25, 0.3) is 0 Å². The number of sulfonamides is 1. The van der Waals surface area contributed by atoms with Crippen LogP contribution in [0.5, 0.6) is 0 Å². The summed E-state index contributed by atoms with van der Waals surface area (Å²) in [5, 5.41) is 0. The third-order valence-corrected chi connectivity index (χ3v) is 6.04. The molecule has 23 heavy (non-hydrogen) atoms. The second kappa shape index (κ2) is 7.23. The molecule has 0 spiro atoms. The number of nitrogens with zero attached hydrogens (tertiary/aromatic N) is 1. The molecule has 1 aliphatic heterocycles. The molecule has 0 unspecified atom stereocenters. The molecule has 0 N–H and O–H groups in total. The third kappa shape index (κ3) is 3.56. The first-order valence-electron chi connectivity index (χ1n) is 7.20.